The number of rotatable bonds is 7. The Hall–Kier alpha value is -1.91. The second-order valence-corrected chi connectivity index (χ2v) is 6.96. The molecule has 1 atom stereocenters. The highest BCUT2D eigenvalue weighted by molar-refractivity contribution is 14.0. The van der Waals surface area contributed by atoms with E-state index in [4.69, 9.17) is 4.74 Å². The van der Waals surface area contributed by atoms with Crippen LogP contribution in [-0.2, 0) is 11.3 Å². The number of nitrogens with one attached hydrogen (secondary N) is 2. The summed E-state index contributed by atoms with van der Waals surface area (Å²) in [4.78, 5) is 7.00. The van der Waals surface area contributed by atoms with Gasteiger partial charge >= 0.3 is 0 Å². The van der Waals surface area contributed by atoms with Gasteiger partial charge in [0.1, 0.15) is 11.6 Å². The fraction of sp³-hybridized carbons (Fsp3) is 0.409. The van der Waals surface area contributed by atoms with Crippen molar-refractivity contribution in [3.8, 4) is 5.75 Å². The summed E-state index contributed by atoms with van der Waals surface area (Å²) < 4.78 is 18.9. The number of nitrogens with zero attached hydrogens (tertiary/aromatic N) is 2. The lowest BCUT2D eigenvalue weighted by molar-refractivity contribution is 0.0170. The molecule has 0 spiro atoms. The van der Waals surface area contributed by atoms with E-state index in [0.29, 0.717) is 26.3 Å². The number of hydrogen-bond acceptors (Lipinski definition) is 4. The van der Waals surface area contributed by atoms with Crippen LogP contribution in [0.1, 0.15) is 24.1 Å². The van der Waals surface area contributed by atoms with E-state index in [-0.39, 0.29) is 41.6 Å². The third-order valence-corrected chi connectivity index (χ3v) is 4.90. The summed E-state index contributed by atoms with van der Waals surface area (Å²) in [5, 5.41) is 16.1. The number of phenolic OH excluding ortho intramolecular Hbond substituents is 1. The molecule has 1 heterocycles. The van der Waals surface area contributed by atoms with Crippen LogP contribution in [0.2, 0.25) is 0 Å². The van der Waals surface area contributed by atoms with Gasteiger partial charge in [-0.3, -0.25) is 4.90 Å². The van der Waals surface area contributed by atoms with Gasteiger partial charge in [-0.2, -0.15) is 0 Å². The summed E-state index contributed by atoms with van der Waals surface area (Å²) in [6.45, 7) is 7.01. The molecule has 3 N–H and O–H groups in total. The zero-order chi connectivity index (χ0) is 20.5. The molecule has 3 rings (SSSR count). The zero-order valence-electron chi connectivity index (χ0n) is 17.2. The number of benzene rings is 2. The lowest BCUT2D eigenvalue weighted by Crippen LogP contribution is -2.46. The Morgan fingerprint density at radius 3 is 2.40 bits per heavy atom. The van der Waals surface area contributed by atoms with E-state index in [1.165, 1.54) is 12.1 Å². The number of morpholine rings is 1. The summed E-state index contributed by atoms with van der Waals surface area (Å²) in [5.41, 5.74) is 2.08. The molecule has 0 radical (unpaired) electrons. The van der Waals surface area contributed by atoms with E-state index in [0.717, 1.165) is 36.7 Å². The summed E-state index contributed by atoms with van der Waals surface area (Å²) in [6, 6.07) is 13.8. The second-order valence-electron chi connectivity index (χ2n) is 6.96. The van der Waals surface area contributed by atoms with Gasteiger partial charge in [0.05, 0.1) is 25.8 Å². The van der Waals surface area contributed by atoms with Gasteiger partial charge in [-0.15, -0.1) is 24.0 Å². The molecule has 1 fully saturated rings. The fourth-order valence-electron chi connectivity index (χ4n) is 3.34. The molecule has 2 aromatic rings. The molecule has 1 aliphatic rings. The lowest BCUT2D eigenvalue weighted by atomic mass is 10.0. The molecule has 0 aromatic heterocycles. The lowest BCUT2D eigenvalue weighted by Gasteiger charge is -2.35. The molecule has 1 aliphatic heterocycles. The smallest absolute Gasteiger partial charge is 0.191 e. The van der Waals surface area contributed by atoms with Crippen molar-refractivity contribution in [1.29, 1.82) is 0 Å². The van der Waals surface area contributed by atoms with Gasteiger partial charge in [-0.05, 0) is 42.3 Å². The quantitative estimate of drug-likeness (QED) is 0.293. The van der Waals surface area contributed by atoms with Crippen LogP contribution in [0.3, 0.4) is 0 Å². The first-order chi connectivity index (χ1) is 14.2. The highest BCUT2D eigenvalue weighted by Gasteiger charge is 2.23. The van der Waals surface area contributed by atoms with Crippen molar-refractivity contribution < 1.29 is 14.2 Å². The van der Waals surface area contributed by atoms with Crippen molar-refractivity contribution in [2.45, 2.75) is 19.5 Å². The van der Waals surface area contributed by atoms with E-state index in [1.807, 2.05) is 31.2 Å². The summed E-state index contributed by atoms with van der Waals surface area (Å²) in [5.74, 6) is 0.739. The third-order valence-electron chi connectivity index (χ3n) is 4.90. The standard InChI is InChI=1S/C22H29FN4O2.HI/c1-2-24-22(25-15-17-3-9-20(28)10-4-17)26-16-21(27-11-13-29-14-12-27)18-5-7-19(23)8-6-18;/h3-10,21,28H,2,11-16H2,1H3,(H2,24,25,26);1H. The highest BCUT2D eigenvalue weighted by atomic mass is 127. The van der Waals surface area contributed by atoms with Gasteiger partial charge in [-0.25, -0.2) is 9.38 Å². The number of halogens is 2. The van der Waals surface area contributed by atoms with Crippen molar-refractivity contribution in [1.82, 2.24) is 15.5 Å². The monoisotopic (exact) mass is 528 g/mol. The van der Waals surface area contributed by atoms with Crippen LogP contribution < -0.4 is 10.6 Å². The number of aromatic hydroxyl groups is 1. The largest absolute Gasteiger partial charge is 0.508 e. The maximum Gasteiger partial charge on any atom is 0.191 e. The number of ether oxygens (including phenoxy) is 1. The first-order valence-electron chi connectivity index (χ1n) is 10.0. The molecule has 164 valence electrons. The fourth-order valence-corrected chi connectivity index (χ4v) is 3.34. The number of aliphatic imine (C=N–C) groups is 1. The van der Waals surface area contributed by atoms with Gasteiger partial charge in [0.25, 0.3) is 0 Å². The van der Waals surface area contributed by atoms with Crippen molar-refractivity contribution in [3.63, 3.8) is 0 Å². The number of phenols is 1. The van der Waals surface area contributed by atoms with Gasteiger partial charge in [0.15, 0.2) is 5.96 Å². The molecule has 0 bridgehead atoms. The molecule has 1 saturated heterocycles. The third kappa shape index (κ3) is 7.41. The topological polar surface area (TPSA) is 69.1 Å². The Kier molecular flexibility index (Phi) is 10.3. The average Bonchev–Trinajstić information content (AvgIpc) is 2.75. The Morgan fingerprint density at radius 2 is 1.77 bits per heavy atom. The van der Waals surface area contributed by atoms with Crippen LogP contribution in [-0.4, -0.2) is 55.4 Å². The van der Waals surface area contributed by atoms with Crippen LogP contribution in [0.25, 0.3) is 0 Å². The van der Waals surface area contributed by atoms with Crippen molar-refractivity contribution >= 4 is 29.9 Å². The highest BCUT2D eigenvalue weighted by Crippen LogP contribution is 2.21. The minimum atomic E-state index is -0.230. The van der Waals surface area contributed by atoms with Crippen LogP contribution in [0.4, 0.5) is 4.39 Å². The summed E-state index contributed by atoms with van der Waals surface area (Å²) in [6.07, 6.45) is 0. The molecule has 8 heteroatoms. The van der Waals surface area contributed by atoms with Gasteiger partial charge in [0, 0.05) is 26.2 Å². The van der Waals surface area contributed by atoms with Crippen molar-refractivity contribution in [2.24, 2.45) is 4.99 Å². The van der Waals surface area contributed by atoms with Gasteiger partial charge in [-0.1, -0.05) is 24.3 Å². The molecule has 0 amide bonds. The summed E-state index contributed by atoms with van der Waals surface area (Å²) in [7, 11) is 0. The summed E-state index contributed by atoms with van der Waals surface area (Å²) >= 11 is 0. The zero-order valence-corrected chi connectivity index (χ0v) is 19.5. The predicted molar refractivity (Wildman–Crippen MR) is 128 cm³/mol. The SMILES string of the molecule is CCNC(=NCc1ccc(O)cc1)NCC(c1ccc(F)cc1)N1CCOCC1.I. The molecule has 6 nitrogen and oxygen atoms in total. The first-order valence-corrected chi connectivity index (χ1v) is 10.0. The van der Waals surface area contributed by atoms with Crippen LogP contribution in [0.5, 0.6) is 5.75 Å². The van der Waals surface area contributed by atoms with Gasteiger partial charge in [0.2, 0.25) is 0 Å². The van der Waals surface area contributed by atoms with E-state index >= 15 is 0 Å². The Morgan fingerprint density at radius 1 is 1.10 bits per heavy atom. The normalized spacial score (nSPS) is 15.9. The Balaban J connectivity index is 0.00000320. The molecule has 1 unspecified atom stereocenters. The maximum atomic E-state index is 13.4. The first kappa shape index (κ1) is 24.4. The Bertz CT molecular complexity index is 781. The van der Waals surface area contributed by atoms with Crippen LogP contribution >= 0.6 is 24.0 Å². The van der Waals surface area contributed by atoms with Crippen molar-refractivity contribution in [2.75, 3.05) is 39.4 Å². The van der Waals surface area contributed by atoms with E-state index in [9.17, 15) is 9.50 Å². The average molecular weight is 528 g/mol. The number of hydrogen-bond donors (Lipinski definition) is 3. The molecular weight excluding hydrogens is 498 g/mol. The van der Waals surface area contributed by atoms with Crippen molar-refractivity contribution in [3.05, 3.63) is 65.5 Å². The maximum absolute atomic E-state index is 13.4. The minimum absolute atomic E-state index is 0. The predicted octanol–water partition coefficient (Wildman–Crippen LogP) is 3.28. The van der Waals surface area contributed by atoms with E-state index in [1.54, 1.807) is 12.1 Å². The molecule has 0 saturated carbocycles. The number of guanidine groups is 1. The molecular formula is C22H30FIN4O2. The van der Waals surface area contributed by atoms with Crippen LogP contribution in [0, 0.1) is 5.82 Å². The van der Waals surface area contributed by atoms with E-state index < -0.39 is 0 Å². The molecule has 2 aromatic carbocycles. The van der Waals surface area contributed by atoms with Crippen LogP contribution in [0.15, 0.2) is 53.5 Å². The molecule has 0 aliphatic carbocycles. The molecule has 30 heavy (non-hydrogen) atoms. The Labute approximate surface area is 194 Å². The minimum Gasteiger partial charge on any atom is -0.508 e. The van der Waals surface area contributed by atoms with E-state index in [2.05, 4.69) is 20.5 Å². The second kappa shape index (κ2) is 12.7. The van der Waals surface area contributed by atoms with Gasteiger partial charge < -0.3 is 20.5 Å².